The van der Waals surface area contributed by atoms with Crippen molar-refractivity contribution in [3.8, 4) is 11.1 Å². The maximum atomic E-state index is 13.2. The third-order valence-corrected chi connectivity index (χ3v) is 7.57. The molecule has 0 unspecified atom stereocenters. The normalized spacial score (nSPS) is 23.7. The molecule has 1 aromatic heterocycles. The second-order valence-electron chi connectivity index (χ2n) is 8.36. The number of carbonyl (C=O) groups excluding carboxylic acids is 2. The molecule has 2 aromatic rings. The van der Waals surface area contributed by atoms with E-state index in [-0.39, 0.29) is 17.7 Å². The van der Waals surface area contributed by atoms with E-state index >= 15 is 0 Å². The fraction of sp³-hybridized carbons (Fsp3) is 0.375. The van der Waals surface area contributed by atoms with Crippen LogP contribution < -0.4 is 5.32 Å². The van der Waals surface area contributed by atoms with Crippen molar-refractivity contribution in [1.29, 1.82) is 0 Å². The Morgan fingerprint density at radius 3 is 2.35 bits per heavy atom. The van der Waals surface area contributed by atoms with Crippen molar-refractivity contribution < 1.29 is 24.2 Å². The number of rotatable bonds is 5. The summed E-state index contributed by atoms with van der Waals surface area (Å²) in [7, 11) is 1.31. The van der Waals surface area contributed by atoms with E-state index in [1.807, 2.05) is 51.1 Å². The number of hydrogen-bond acceptors (Lipinski definition) is 5. The highest BCUT2D eigenvalue weighted by molar-refractivity contribution is 7.17. The SMILES string of the molecule is COC(=O)c1c(NC(=O)[C@H]2[C@@H](C(=O)O)[C@H]3C=C[C@H]2C3)sc(C)c1-c1ccc(C)c(C)c1. The summed E-state index contributed by atoms with van der Waals surface area (Å²) in [6, 6.07) is 5.97. The highest BCUT2D eigenvalue weighted by atomic mass is 32.1. The van der Waals surface area contributed by atoms with Crippen LogP contribution in [0.4, 0.5) is 5.00 Å². The quantitative estimate of drug-likeness (QED) is 0.525. The molecule has 4 atom stereocenters. The number of hydrogen-bond donors (Lipinski definition) is 2. The van der Waals surface area contributed by atoms with Crippen LogP contribution in [0.15, 0.2) is 30.4 Å². The number of esters is 1. The van der Waals surface area contributed by atoms with Crippen molar-refractivity contribution in [3.05, 3.63) is 51.9 Å². The lowest BCUT2D eigenvalue weighted by Crippen LogP contribution is -2.36. The third-order valence-electron chi connectivity index (χ3n) is 6.55. The molecule has 1 heterocycles. The Morgan fingerprint density at radius 2 is 1.74 bits per heavy atom. The minimum Gasteiger partial charge on any atom is -0.481 e. The molecule has 31 heavy (non-hydrogen) atoms. The highest BCUT2D eigenvalue weighted by Crippen LogP contribution is 2.49. The van der Waals surface area contributed by atoms with Gasteiger partial charge in [0.25, 0.3) is 0 Å². The van der Waals surface area contributed by atoms with Crippen LogP contribution in [0.1, 0.15) is 32.8 Å². The topological polar surface area (TPSA) is 92.7 Å². The second-order valence-corrected chi connectivity index (χ2v) is 9.58. The van der Waals surface area contributed by atoms with Gasteiger partial charge in [-0.1, -0.05) is 30.4 Å². The lowest BCUT2D eigenvalue weighted by Gasteiger charge is -2.23. The van der Waals surface area contributed by atoms with Gasteiger partial charge in [0.05, 0.1) is 18.9 Å². The standard InChI is InChI=1S/C24H25NO5S/c1-11-5-6-14(9-12(11)2)17-13(3)31-22(20(17)24(29)30-4)25-21(26)18-15-7-8-16(10-15)19(18)23(27)28/h5-9,15-16,18-19H,10H2,1-4H3,(H,25,26)(H,27,28)/t15-,16-,18+,19-/m0/s1. The number of aryl methyl sites for hydroxylation is 3. The molecule has 1 fully saturated rings. The van der Waals surface area contributed by atoms with Gasteiger partial charge in [0.15, 0.2) is 0 Å². The number of thiophene rings is 1. The van der Waals surface area contributed by atoms with Gasteiger partial charge in [-0.25, -0.2) is 4.79 Å². The summed E-state index contributed by atoms with van der Waals surface area (Å²) in [5.41, 5.74) is 4.17. The van der Waals surface area contributed by atoms with Gasteiger partial charge in [-0.3, -0.25) is 9.59 Å². The van der Waals surface area contributed by atoms with E-state index < -0.39 is 23.8 Å². The molecule has 0 spiro atoms. The number of nitrogens with one attached hydrogen (secondary N) is 1. The molecule has 0 aliphatic heterocycles. The highest BCUT2D eigenvalue weighted by Gasteiger charge is 2.51. The number of ether oxygens (including phenoxy) is 1. The lowest BCUT2D eigenvalue weighted by atomic mass is 9.82. The van der Waals surface area contributed by atoms with Crippen LogP contribution in [0, 0.1) is 44.4 Å². The number of amides is 1. The Kier molecular flexibility index (Phi) is 5.47. The smallest absolute Gasteiger partial charge is 0.341 e. The van der Waals surface area contributed by atoms with Crippen molar-refractivity contribution in [2.45, 2.75) is 27.2 Å². The summed E-state index contributed by atoms with van der Waals surface area (Å²) in [5.74, 6) is -3.44. The van der Waals surface area contributed by atoms with Crippen molar-refractivity contribution >= 4 is 34.2 Å². The molecule has 2 bridgehead atoms. The molecule has 1 aromatic carbocycles. The second kappa shape index (κ2) is 7.96. The van der Waals surface area contributed by atoms with Gasteiger partial charge in [-0.15, -0.1) is 11.3 Å². The molecule has 4 rings (SSSR count). The van der Waals surface area contributed by atoms with Gasteiger partial charge in [-0.2, -0.15) is 0 Å². The van der Waals surface area contributed by atoms with E-state index in [4.69, 9.17) is 4.74 Å². The molecule has 6 nitrogen and oxygen atoms in total. The molecule has 2 aliphatic carbocycles. The van der Waals surface area contributed by atoms with Gasteiger partial charge in [-0.05, 0) is 55.7 Å². The number of methoxy groups -OCH3 is 1. The Labute approximate surface area is 184 Å². The molecule has 2 N–H and O–H groups in total. The van der Waals surface area contributed by atoms with Crippen LogP contribution in [0.2, 0.25) is 0 Å². The van der Waals surface area contributed by atoms with Crippen LogP contribution in [0.25, 0.3) is 11.1 Å². The lowest BCUT2D eigenvalue weighted by molar-refractivity contribution is -0.146. The van der Waals surface area contributed by atoms with E-state index in [0.717, 1.165) is 27.1 Å². The largest absolute Gasteiger partial charge is 0.481 e. The van der Waals surface area contributed by atoms with Crippen molar-refractivity contribution in [2.24, 2.45) is 23.7 Å². The fourth-order valence-electron chi connectivity index (χ4n) is 4.89. The predicted molar refractivity (Wildman–Crippen MR) is 119 cm³/mol. The third kappa shape index (κ3) is 3.57. The van der Waals surface area contributed by atoms with Gasteiger partial charge < -0.3 is 15.2 Å². The zero-order valence-corrected chi connectivity index (χ0v) is 18.7. The van der Waals surface area contributed by atoms with Crippen molar-refractivity contribution in [1.82, 2.24) is 0 Å². The first-order valence-electron chi connectivity index (χ1n) is 10.2. The summed E-state index contributed by atoms with van der Waals surface area (Å²) in [5, 5.41) is 12.9. The van der Waals surface area contributed by atoms with Crippen molar-refractivity contribution in [2.75, 3.05) is 12.4 Å². The minimum atomic E-state index is -0.955. The summed E-state index contributed by atoms with van der Waals surface area (Å²) < 4.78 is 5.03. The zero-order valence-electron chi connectivity index (χ0n) is 17.9. The Bertz CT molecular complexity index is 1120. The summed E-state index contributed by atoms with van der Waals surface area (Å²) in [6.07, 6.45) is 4.52. The van der Waals surface area contributed by atoms with Crippen LogP contribution in [0.3, 0.4) is 0 Å². The molecule has 2 aliphatic rings. The molecule has 162 valence electrons. The number of carbonyl (C=O) groups is 3. The number of anilines is 1. The van der Waals surface area contributed by atoms with E-state index in [1.54, 1.807) is 0 Å². The molecular weight excluding hydrogens is 414 g/mol. The first-order chi connectivity index (χ1) is 14.7. The summed E-state index contributed by atoms with van der Waals surface area (Å²) in [4.78, 5) is 38.6. The minimum absolute atomic E-state index is 0.0899. The van der Waals surface area contributed by atoms with Crippen LogP contribution in [-0.2, 0) is 14.3 Å². The maximum absolute atomic E-state index is 13.2. The van der Waals surface area contributed by atoms with Crippen LogP contribution in [-0.4, -0.2) is 30.1 Å². The number of allylic oxidation sites excluding steroid dienone is 2. The molecule has 0 radical (unpaired) electrons. The zero-order chi connectivity index (χ0) is 22.4. The van der Waals surface area contributed by atoms with Crippen LogP contribution >= 0.6 is 11.3 Å². The van der Waals surface area contributed by atoms with Gasteiger partial charge in [0.2, 0.25) is 5.91 Å². The Balaban J connectivity index is 1.73. The number of aliphatic carboxylic acids is 1. The van der Waals surface area contributed by atoms with E-state index in [2.05, 4.69) is 5.32 Å². The van der Waals surface area contributed by atoms with Gasteiger partial charge >= 0.3 is 11.9 Å². The first-order valence-corrected chi connectivity index (χ1v) is 11.1. The van der Waals surface area contributed by atoms with Crippen molar-refractivity contribution in [3.63, 3.8) is 0 Å². The maximum Gasteiger partial charge on any atom is 0.341 e. The first kappa shape index (κ1) is 21.3. The molecular formula is C24H25NO5S. The number of carboxylic acids is 1. The van der Waals surface area contributed by atoms with Gasteiger partial charge in [0, 0.05) is 10.4 Å². The van der Waals surface area contributed by atoms with E-state index in [0.29, 0.717) is 17.0 Å². The number of benzene rings is 1. The number of carboxylic acid groups (broad SMARTS) is 1. The van der Waals surface area contributed by atoms with E-state index in [9.17, 15) is 19.5 Å². The predicted octanol–water partition coefficient (Wildman–Crippen LogP) is 4.59. The molecule has 0 saturated heterocycles. The molecule has 7 heteroatoms. The average molecular weight is 440 g/mol. The molecule has 1 saturated carbocycles. The summed E-state index contributed by atoms with van der Waals surface area (Å²) in [6.45, 7) is 5.93. The average Bonchev–Trinajstić information content (AvgIpc) is 3.42. The van der Waals surface area contributed by atoms with Gasteiger partial charge in [0.1, 0.15) is 10.6 Å². The monoisotopic (exact) mass is 439 g/mol. The van der Waals surface area contributed by atoms with Crippen LogP contribution in [0.5, 0.6) is 0 Å². The summed E-state index contributed by atoms with van der Waals surface area (Å²) >= 11 is 1.31. The Hall–Kier alpha value is -2.93. The molecule has 1 amide bonds. The van der Waals surface area contributed by atoms with E-state index in [1.165, 1.54) is 18.4 Å². The fourth-order valence-corrected chi connectivity index (χ4v) is 5.95. The Morgan fingerprint density at radius 1 is 1.06 bits per heavy atom. The number of fused-ring (bicyclic) bond motifs is 2.